The van der Waals surface area contributed by atoms with Crippen molar-refractivity contribution in [1.82, 2.24) is 0 Å². The van der Waals surface area contributed by atoms with Gasteiger partial charge in [0.2, 0.25) is 0 Å². The minimum absolute atomic E-state index is 0.384. The van der Waals surface area contributed by atoms with E-state index in [0.717, 1.165) is 13.4 Å². The van der Waals surface area contributed by atoms with Gasteiger partial charge in [-0.15, -0.1) is 0 Å². The molecule has 0 aliphatic rings. The van der Waals surface area contributed by atoms with E-state index in [4.69, 9.17) is 4.74 Å². The molecule has 2 nitrogen and oxygen atoms in total. The SMILES string of the molecule is O=C(Oc1ccc(Br)cc1Br)c1ccc(Br)cc1. The molecule has 18 heavy (non-hydrogen) atoms. The minimum atomic E-state index is -0.384. The Hall–Kier alpha value is -0.650. The van der Waals surface area contributed by atoms with Gasteiger partial charge in [-0.2, -0.15) is 0 Å². The number of hydrogen-bond donors (Lipinski definition) is 0. The second-order valence-electron chi connectivity index (χ2n) is 3.47. The zero-order chi connectivity index (χ0) is 13.1. The second-order valence-corrected chi connectivity index (χ2v) is 6.16. The van der Waals surface area contributed by atoms with Crippen molar-refractivity contribution in [3.63, 3.8) is 0 Å². The molecule has 0 saturated carbocycles. The minimum Gasteiger partial charge on any atom is -0.422 e. The van der Waals surface area contributed by atoms with Crippen LogP contribution in [0.2, 0.25) is 0 Å². The second kappa shape index (κ2) is 5.99. The van der Waals surface area contributed by atoms with E-state index in [-0.39, 0.29) is 5.97 Å². The quantitative estimate of drug-likeness (QED) is 0.480. The molecule has 0 bridgehead atoms. The smallest absolute Gasteiger partial charge is 0.343 e. The summed E-state index contributed by atoms with van der Waals surface area (Å²) in [5.41, 5.74) is 0.507. The Labute approximate surface area is 130 Å². The molecule has 0 spiro atoms. The van der Waals surface area contributed by atoms with Crippen LogP contribution in [0.5, 0.6) is 5.75 Å². The Morgan fingerprint density at radius 2 is 1.50 bits per heavy atom. The zero-order valence-corrected chi connectivity index (χ0v) is 13.7. The Morgan fingerprint density at radius 3 is 2.11 bits per heavy atom. The van der Waals surface area contributed by atoms with E-state index in [0.29, 0.717) is 11.3 Å². The summed E-state index contributed by atoms with van der Waals surface area (Å²) < 4.78 is 7.86. The van der Waals surface area contributed by atoms with Crippen molar-refractivity contribution in [2.24, 2.45) is 0 Å². The van der Waals surface area contributed by atoms with Gasteiger partial charge < -0.3 is 4.74 Å². The van der Waals surface area contributed by atoms with Crippen LogP contribution in [0, 0.1) is 0 Å². The molecule has 0 unspecified atom stereocenters. The lowest BCUT2D eigenvalue weighted by Gasteiger charge is -2.06. The van der Waals surface area contributed by atoms with Crippen molar-refractivity contribution >= 4 is 53.8 Å². The highest BCUT2D eigenvalue weighted by molar-refractivity contribution is 9.11. The lowest BCUT2D eigenvalue weighted by Crippen LogP contribution is -2.08. The number of hydrogen-bond acceptors (Lipinski definition) is 2. The van der Waals surface area contributed by atoms with E-state index in [1.165, 1.54) is 0 Å². The zero-order valence-electron chi connectivity index (χ0n) is 8.99. The highest BCUT2D eigenvalue weighted by atomic mass is 79.9. The highest BCUT2D eigenvalue weighted by Crippen LogP contribution is 2.28. The highest BCUT2D eigenvalue weighted by Gasteiger charge is 2.10. The van der Waals surface area contributed by atoms with Crippen molar-refractivity contribution in [2.45, 2.75) is 0 Å². The predicted octanol–water partition coefficient (Wildman–Crippen LogP) is 5.19. The fraction of sp³-hybridized carbons (Fsp3) is 0. The summed E-state index contributed by atoms with van der Waals surface area (Å²) in [6.45, 7) is 0. The number of rotatable bonds is 2. The average molecular weight is 435 g/mol. The standard InChI is InChI=1S/C13H7Br3O2/c14-9-3-1-8(2-4-9)13(17)18-12-6-5-10(15)7-11(12)16/h1-7H. The molecule has 0 amide bonds. The molecule has 0 atom stereocenters. The first-order valence-corrected chi connectivity index (χ1v) is 7.37. The van der Waals surface area contributed by atoms with Crippen LogP contribution >= 0.6 is 47.8 Å². The third-order valence-corrected chi connectivity index (χ3v) is 3.82. The molecule has 0 fully saturated rings. The predicted molar refractivity (Wildman–Crippen MR) is 80.9 cm³/mol. The third kappa shape index (κ3) is 3.43. The normalized spacial score (nSPS) is 10.2. The first-order valence-electron chi connectivity index (χ1n) is 4.99. The number of esters is 1. The molecule has 0 N–H and O–H groups in total. The van der Waals surface area contributed by atoms with Gasteiger partial charge in [0.1, 0.15) is 5.75 Å². The van der Waals surface area contributed by atoms with E-state index in [2.05, 4.69) is 47.8 Å². The molecule has 0 aromatic heterocycles. The maximum Gasteiger partial charge on any atom is 0.343 e. The number of ether oxygens (including phenoxy) is 1. The van der Waals surface area contributed by atoms with E-state index in [9.17, 15) is 4.79 Å². The molecule has 0 aliphatic carbocycles. The summed E-state index contributed by atoms with van der Waals surface area (Å²) in [6, 6.07) is 12.4. The van der Waals surface area contributed by atoms with Gasteiger partial charge in [-0.3, -0.25) is 0 Å². The Bertz CT molecular complexity index is 579. The summed E-state index contributed by atoms with van der Waals surface area (Å²) in [7, 11) is 0. The Morgan fingerprint density at radius 1 is 0.889 bits per heavy atom. The van der Waals surface area contributed by atoms with Crippen molar-refractivity contribution in [3.05, 3.63) is 61.4 Å². The van der Waals surface area contributed by atoms with Gasteiger partial charge in [0.25, 0.3) is 0 Å². The maximum absolute atomic E-state index is 11.9. The Kier molecular flexibility index (Phi) is 4.59. The van der Waals surface area contributed by atoms with Gasteiger partial charge >= 0.3 is 5.97 Å². The monoisotopic (exact) mass is 432 g/mol. The van der Waals surface area contributed by atoms with Gasteiger partial charge in [0.05, 0.1) is 10.0 Å². The molecule has 5 heteroatoms. The van der Waals surface area contributed by atoms with Gasteiger partial charge in [0, 0.05) is 8.95 Å². The molecule has 0 heterocycles. The fourth-order valence-corrected chi connectivity index (χ4v) is 2.70. The van der Waals surface area contributed by atoms with E-state index < -0.39 is 0 Å². The number of halogens is 3. The van der Waals surface area contributed by atoms with Crippen molar-refractivity contribution in [3.8, 4) is 5.75 Å². The van der Waals surface area contributed by atoms with Crippen LogP contribution in [-0.2, 0) is 0 Å². The summed E-state index contributed by atoms with van der Waals surface area (Å²) >= 11 is 10.0. The average Bonchev–Trinajstić information content (AvgIpc) is 2.33. The molecule has 2 aromatic rings. The molecule has 2 rings (SSSR count). The van der Waals surface area contributed by atoms with E-state index >= 15 is 0 Å². The van der Waals surface area contributed by atoms with Gasteiger partial charge in [-0.25, -0.2) is 4.79 Å². The molecule has 0 aliphatic heterocycles. The van der Waals surface area contributed by atoms with E-state index in [1.807, 2.05) is 12.1 Å². The van der Waals surface area contributed by atoms with Crippen molar-refractivity contribution < 1.29 is 9.53 Å². The van der Waals surface area contributed by atoms with Crippen LogP contribution in [0.3, 0.4) is 0 Å². The fourth-order valence-electron chi connectivity index (χ4n) is 1.30. The van der Waals surface area contributed by atoms with Crippen LogP contribution in [0.4, 0.5) is 0 Å². The molecule has 0 saturated heterocycles. The third-order valence-electron chi connectivity index (χ3n) is 2.18. The van der Waals surface area contributed by atoms with Crippen LogP contribution in [0.1, 0.15) is 10.4 Å². The lowest BCUT2D eigenvalue weighted by atomic mass is 10.2. The van der Waals surface area contributed by atoms with Crippen molar-refractivity contribution in [1.29, 1.82) is 0 Å². The van der Waals surface area contributed by atoms with E-state index in [1.54, 1.807) is 30.3 Å². The molecular weight excluding hydrogens is 428 g/mol. The molecule has 92 valence electrons. The molecule has 0 radical (unpaired) electrons. The number of carbonyl (C=O) groups is 1. The van der Waals surface area contributed by atoms with Gasteiger partial charge in [0.15, 0.2) is 0 Å². The largest absolute Gasteiger partial charge is 0.422 e. The number of carbonyl (C=O) groups excluding carboxylic acids is 1. The Balaban J connectivity index is 2.18. The summed E-state index contributed by atoms with van der Waals surface area (Å²) in [5, 5.41) is 0. The summed E-state index contributed by atoms with van der Waals surface area (Å²) in [5.74, 6) is 0.108. The summed E-state index contributed by atoms with van der Waals surface area (Å²) in [6.07, 6.45) is 0. The maximum atomic E-state index is 11.9. The molecular formula is C13H7Br3O2. The van der Waals surface area contributed by atoms with Crippen LogP contribution in [0.25, 0.3) is 0 Å². The van der Waals surface area contributed by atoms with Crippen LogP contribution in [-0.4, -0.2) is 5.97 Å². The van der Waals surface area contributed by atoms with Crippen LogP contribution in [0.15, 0.2) is 55.9 Å². The van der Waals surface area contributed by atoms with Gasteiger partial charge in [-0.1, -0.05) is 31.9 Å². The first-order chi connectivity index (χ1) is 8.56. The topological polar surface area (TPSA) is 26.3 Å². The molecule has 2 aromatic carbocycles. The van der Waals surface area contributed by atoms with Gasteiger partial charge in [-0.05, 0) is 58.4 Å². The summed E-state index contributed by atoms with van der Waals surface area (Å²) in [4.78, 5) is 11.9. The number of benzene rings is 2. The lowest BCUT2D eigenvalue weighted by molar-refractivity contribution is 0.0733. The van der Waals surface area contributed by atoms with Crippen molar-refractivity contribution in [2.75, 3.05) is 0 Å². The van der Waals surface area contributed by atoms with Crippen LogP contribution < -0.4 is 4.74 Å². The first kappa shape index (κ1) is 13.8.